The Kier molecular flexibility index (Phi) is 3.79. The number of hydrogen-bond donors (Lipinski definition) is 1. The molecule has 4 nitrogen and oxygen atoms in total. The molecular formula is C13H11ClN2O2. The van der Waals surface area contributed by atoms with Crippen molar-refractivity contribution < 1.29 is 9.53 Å². The second kappa shape index (κ2) is 5.51. The van der Waals surface area contributed by atoms with Crippen molar-refractivity contribution in [3.63, 3.8) is 0 Å². The number of halogens is 1. The van der Waals surface area contributed by atoms with Crippen LogP contribution in [-0.2, 0) is 11.3 Å². The van der Waals surface area contributed by atoms with E-state index in [4.69, 9.17) is 22.1 Å². The third-order valence-electron chi connectivity index (χ3n) is 2.35. The molecule has 0 aliphatic rings. The molecule has 0 aliphatic heterocycles. The van der Waals surface area contributed by atoms with Gasteiger partial charge in [-0.2, -0.15) is 0 Å². The SMILES string of the molecule is Nc1cnccc1C(=O)OCc1ccc(Cl)cc1. The summed E-state index contributed by atoms with van der Waals surface area (Å²) in [5, 5.41) is 0.642. The second-order valence-electron chi connectivity index (χ2n) is 3.67. The maximum absolute atomic E-state index is 11.7. The Morgan fingerprint density at radius 2 is 2.00 bits per heavy atom. The molecule has 2 rings (SSSR count). The molecular weight excluding hydrogens is 252 g/mol. The molecule has 0 atom stereocenters. The van der Waals surface area contributed by atoms with E-state index < -0.39 is 5.97 Å². The van der Waals surface area contributed by atoms with Crippen molar-refractivity contribution in [2.24, 2.45) is 0 Å². The number of esters is 1. The number of rotatable bonds is 3. The molecule has 0 aliphatic carbocycles. The molecule has 18 heavy (non-hydrogen) atoms. The number of hydrogen-bond acceptors (Lipinski definition) is 4. The van der Waals surface area contributed by atoms with Crippen molar-refractivity contribution >= 4 is 23.3 Å². The van der Waals surface area contributed by atoms with Gasteiger partial charge in [-0.15, -0.1) is 0 Å². The van der Waals surface area contributed by atoms with E-state index in [9.17, 15) is 4.79 Å². The van der Waals surface area contributed by atoms with Crippen LogP contribution >= 0.6 is 11.6 Å². The standard InChI is InChI=1S/C13H11ClN2O2/c14-10-3-1-9(2-4-10)8-18-13(17)11-5-6-16-7-12(11)15/h1-7H,8,15H2. The number of nitrogen functional groups attached to an aromatic ring is 1. The monoisotopic (exact) mass is 262 g/mol. The van der Waals surface area contributed by atoms with Gasteiger partial charge in [0, 0.05) is 11.2 Å². The fourth-order valence-corrected chi connectivity index (χ4v) is 1.53. The smallest absolute Gasteiger partial charge is 0.340 e. The van der Waals surface area contributed by atoms with Gasteiger partial charge in [0.1, 0.15) is 6.61 Å². The average molecular weight is 263 g/mol. The number of aromatic nitrogens is 1. The highest BCUT2D eigenvalue weighted by atomic mass is 35.5. The zero-order valence-corrected chi connectivity index (χ0v) is 10.2. The van der Waals surface area contributed by atoms with Gasteiger partial charge in [-0.3, -0.25) is 4.98 Å². The van der Waals surface area contributed by atoms with E-state index in [1.54, 1.807) is 24.3 Å². The minimum Gasteiger partial charge on any atom is -0.457 e. The lowest BCUT2D eigenvalue weighted by molar-refractivity contribution is 0.0474. The number of ether oxygens (including phenoxy) is 1. The molecule has 0 radical (unpaired) electrons. The highest BCUT2D eigenvalue weighted by Gasteiger charge is 2.10. The second-order valence-corrected chi connectivity index (χ2v) is 4.10. The van der Waals surface area contributed by atoms with Crippen LogP contribution in [0.1, 0.15) is 15.9 Å². The minimum atomic E-state index is -0.468. The van der Waals surface area contributed by atoms with Gasteiger partial charge in [0.15, 0.2) is 0 Å². The molecule has 2 aromatic rings. The van der Waals surface area contributed by atoms with Crippen molar-refractivity contribution in [1.29, 1.82) is 0 Å². The minimum absolute atomic E-state index is 0.178. The first kappa shape index (κ1) is 12.4. The third-order valence-corrected chi connectivity index (χ3v) is 2.61. The van der Waals surface area contributed by atoms with Crippen molar-refractivity contribution in [2.45, 2.75) is 6.61 Å². The summed E-state index contributed by atoms with van der Waals surface area (Å²) in [7, 11) is 0. The number of carbonyl (C=O) groups is 1. The largest absolute Gasteiger partial charge is 0.457 e. The molecule has 0 unspecified atom stereocenters. The topological polar surface area (TPSA) is 65.2 Å². The maximum Gasteiger partial charge on any atom is 0.340 e. The van der Waals surface area contributed by atoms with E-state index in [-0.39, 0.29) is 6.61 Å². The summed E-state index contributed by atoms with van der Waals surface area (Å²) in [4.78, 5) is 15.6. The van der Waals surface area contributed by atoms with E-state index in [1.807, 2.05) is 0 Å². The van der Waals surface area contributed by atoms with Crippen LogP contribution in [0.15, 0.2) is 42.7 Å². The Labute approximate surface area is 109 Å². The van der Waals surface area contributed by atoms with E-state index in [2.05, 4.69) is 4.98 Å². The lowest BCUT2D eigenvalue weighted by atomic mass is 10.2. The molecule has 1 aromatic carbocycles. The first-order valence-electron chi connectivity index (χ1n) is 5.28. The van der Waals surface area contributed by atoms with Gasteiger partial charge in [0.25, 0.3) is 0 Å². The molecule has 1 aromatic heterocycles. The van der Waals surface area contributed by atoms with Crippen LogP contribution < -0.4 is 5.73 Å². The van der Waals surface area contributed by atoms with Crippen LogP contribution in [0.2, 0.25) is 5.02 Å². The Morgan fingerprint density at radius 3 is 2.67 bits per heavy atom. The molecule has 0 amide bonds. The lowest BCUT2D eigenvalue weighted by Gasteiger charge is -2.06. The predicted octanol–water partition coefficient (Wildman–Crippen LogP) is 2.67. The van der Waals surface area contributed by atoms with Gasteiger partial charge in [-0.05, 0) is 23.8 Å². The Bertz CT molecular complexity index is 555. The van der Waals surface area contributed by atoms with Crippen molar-refractivity contribution in [3.8, 4) is 0 Å². The molecule has 1 heterocycles. The van der Waals surface area contributed by atoms with Gasteiger partial charge in [0.2, 0.25) is 0 Å². The Hall–Kier alpha value is -2.07. The van der Waals surface area contributed by atoms with Crippen LogP contribution in [0.4, 0.5) is 5.69 Å². The predicted molar refractivity (Wildman–Crippen MR) is 69.2 cm³/mol. The Morgan fingerprint density at radius 1 is 1.28 bits per heavy atom. The van der Waals surface area contributed by atoms with E-state index in [0.717, 1.165) is 5.56 Å². The normalized spacial score (nSPS) is 10.1. The summed E-state index contributed by atoms with van der Waals surface area (Å²) >= 11 is 5.76. The summed E-state index contributed by atoms with van der Waals surface area (Å²) in [5.74, 6) is -0.468. The summed E-state index contributed by atoms with van der Waals surface area (Å²) < 4.78 is 5.15. The fourth-order valence-electron chi connectivity index (χ4n) is 1.40. The van der Waals surface area contributed by atoms with Crippen LogP contribution in [0.3, 0.4) is 0 Å². The third kappa shape index (κ3) is 2.99. The van der Waals surface area contributed by atoms with Crippen molar-refractivity contribution in [2.75, 3.05) is 5.73 Å². The maximum atomic E-state index is 11.7. The molecule has 0 fully saturated rings. The summed E-state index contributed by atoms with van der Waals surface area (Å²) in [6.07, 6.45) is 2.91. The molecule has 0 bridgehead atoms. The summed E-state index contributed by atoms with van der Waals surface area (Å²) in [5.41, 5.74) is 7.11. The van der Waals surface area contributed by atoms with E-state index >= 15 is 0 Å². The average Bonchev–Trinajstić information content (AvgIpc) is 2.38. The van der Waals surface area contributed by atoms with Gasteiger partial charge < -0.3 is 10.5 Å². The molecule has 0 saturated carbocycles. The fraction of sp³-hybridized carbons (Fsp3) is 0.0769. The number of benzene rings is 1. The summed E-state index contributed by atoms with van der Waals surface area (Å²) in [6.45, 7) is 0.178. The summed E-state index contributed by atoms with van der Waals surface area (Å²) in [6, 6.07) is 8.60. The molecule has 2 N–H and O–H groups in total. The van der Waals surface area contributed by atoms with Gasteiger partial charge in [-0.1, -0.05) is 23.7 Å². The van der Waals surface area contributed by atoms with Crippen LogP contribution in [0.25, 0.3) is 0 Å². The number of pyridine rings is 1. The highest BCUT2D eigenvalue weighted by molar-refractivity contribution is 6.30. The molecule has 5 heteroatoms. The lowest BCUT2D eigenvalue weighted by Crippen LogP contribution is -2.08. The first-order valence-corrected chi connectivity index (χ1v) is 5.65. The van der Waals surface area contributed by atoms with Gasteiger partial charge in [0.05, 0.1) is 17.4 Å². The van der Waals surface area contributed by atoms with E-state index in [1.165, 1.54) is 18.5 Å². The first-order chi connectivity index (χ1) is 8.66. The van der Waals surface area contributed by atoms with Crippen LogP contribution in [0, 0.1) is 0 Å². The number of anilines is 1. The zero-order chi connectivity index (χ0) is 13.0. The number of nitrogens with two attached hydrogens (primary N) is 1. The number of carbonyl (C=O) groups excluding carboxylic acids is 1. The van der Waals surface area contributed by atoms with E-state index in [0.29, 0.717) is 16.3 Å². The van der Waals surface area contributed by atoms with Gasteiger partial charge in [-0.25, -0.2) is 4.79 Å². The van der Waals surface area contributed by atoms with Crippen LogP contribution in [0.5, 0.6) is 0 Å². The Balaban J connectivity index is 2.01. The molecule has 92 valence electrons. The van der Waals surface area contributed by atoms with Crippen molar-refractivity contribution in [3.05, 3.63) is 58.9 Å². The molecule has 0 spiro atoms. The highest BCUT2D eigenvalue weighted by Crippen LogP contribution is 2.13. The zero-order valence-electron chi connectivity index (χ0n) is 9.47. The van der Waals surface area contributed by atoms with Crippen LogP contribution in [-0.4, -0.2) is 11.0 Å². The van der Waals surface area contributed by atoms with Crippen molar-refractivity contribution in [1.82, 2.24) is 4.98 Å². The quantitative estimate of drug-likeness (QED) is 0.864. The number of nitrogens with zero attached hydrogens (tertiary/aromatic N) is 1. The molecule has 0 saturated heterocycles. The van der Waals surface area contributed by atoms with Gasteiger partial charge >= 0.3 is 5.97 Å².